The van der Waals surface area contributed by atoms with Crippen molar-refractivity contribution in [2.45, 2.75) is 24.8 Å². The van der Waals surface area contributed by atoms with Crippen molar-refractivity contribution in [3.8, 4) is 5.75 Å². The normalized spacial score (nSPS) is 13.1. The second-order valence-corrected chi connectivity index (χ2v) is 5.83. The molecular formula is C12H16N4O3S. The minimum absolute atomic E-state index is 0.173. The lowest BCUT2D eigenvalue weighted by atomic mass is 10.3. The zero-order chi connectivity index (χ0) is 14.6. The Hall–Kier alpha value is -1.93. The van der Waals surface area contributed by atoms with E-state index in [4.69, 9.17) is 4.74 Å². The Morgan fingerprint density at radius 1 is 1.35 bits per heavy atom. The summed E-state index contributed by atoms with van der Waals surface area (Å²) in [7, 11) is -3.61. The van der Waals surface area contributed by atoms with Crippen LogP contribution in [0.25, 0.3) is 0 Å². The largest absolute Gasteiger partial charge is 0.494 e. The molecule has 20 heavy (non-hydrogen) atoms. The van der Waals surface area contributed by atoms with Gasteiger partial charge in [-0.15, -0.1) is 0 Å². The molecule has 8 heteroatoms. The Bertz CT molecular complexity index is 638. The summed E-state index contributed by atoms with van der Waals surface area (Å²) in [5.74, 6) is 1.09. The third-order valence-electron chi connectivity index (χ3n) is 2.62. The highest BCUT2D eigenvalue weighted by Crippen LogP contribution is 2.18. The van der Waals surface area contributed by atoms with Crippen LogP contribution in [-0.4, -0.2) is 30.2 Å². The summed E-state index contributed by atoms with van der Waals surface area (Å²) in [6.07, 6.45) is 1.33. The number of sulfonamides is 1. The van der Waals surface area contributed by atoms with Gasteiger partial charge in [-0.05, 0) is 38.1 Å². The summed E-state index contributed by atoms with van der Waals surface area (Å²) in [5, 5.41) is 6.32. The van der Waals surface area contributed by atoms with Crippen molar-refractivity contribution in [2.24, 2.45) is 0 Å². The van der Waals surface area contributed by atoms with E-state index in [1.807, 2.05) is 6.92 Å². The van der Waals surface area contributed by atoms with E-state index >= 15 is 0 Å². The third kappa shape index (κ3) is 3.34. The molecule has 7 nitrogen and oxygen atoms in total. The minimum atomic E-state index is -3.61. The number of H-pyrrole nitrogens is 1. The maximum absolute atomic E-state index is 12.2. The molecule has 1 atom stereocenters. The Balaban J connectivity index is 2.13. The number of nitrogens with zero attached hydrogens (tertiary/aromatic N) is 2. The molecule has 0 fully saturated rings. The van der Waals surface area contributed by atoms with Gasteiger partial charge in [0.2, 0.25) is 10.0 Å². The fourth-order valence-corrected chi connectivity index (χ4v) is 2.87. The maximum Gasteiger partial charge on any atom is 0.241 e. The van der Waals surface area contributed by atoms with Crippen LogP contribution in [0.3, 0.4) is 0 Å². The molecule has 108 valence electrons. The van der Waals surface area contributed by atoms with Crippen LogP contribution in [0.5, 0.6) is 5.75 Å². The predicted molar refractivity (Wildman–Crippen MR) is 72.7 cm³/mol. The molecule has 1 aromatic heterocycles. The summed E-state index contributed by atoms with van der Waals surface area (Å²) in [4.78, 5) is 4.09. The van der Waals surface area contributed by atoms with Crippen LogP contribution >= 0.6 is 0 Å². The lowest BCUT2D eigenvalue weighted by molar-refractivity contribution is 0.340. The van der Waals surface area contributed by atoms with Gasteiger partial charge in [0, 0.05) is 0 Å². The van der Waals surface area contributed by atoms with Gasteiger partial charge in [-0.1, -0.05) is 0 Å². The summed E-state index contributed by atoms with van der Waals surface area (Å²) >= 11 is 0. The quantitative estimate of drug-likeness (QED) is 0.836. The molecule has 0 bridgehead atoms. The number of aromatic amines is 1. The molecule has 0 saturated heterocycles. The van der Waals surface area contributed by atoms with E-state index in [1.165, 1.54) is 18.5 Å². The molecule has 0 aliphatic rings. The van der Waals surface area contributed by atoms with E-state index < -0.39 is 16.1 Å². The van der Waals surface area contributed by atoms with Gasteiger partial charge in [0.25, 0.3) is 0 Å². The van der Waals surface area contributed by atoms with Crippen LogP contribution in [0.2, 0.25) is 0 Å². The van der Waals surface area contributed by atoms with E-state index in [2.05, 4.69) is 19.9 Å². The lowest BCUT2D eigenvalue weighted by Crippen LogP contribution is -2.27. The first-order valence-electron chi connectivity index (χ1n) is 6.13. The Kier molecular flexibility index (Phi) is 4.35. The smallest absolute Gasteiger partial charge is 0.241 e. The van der Waals surface area contributed by atoms with Crippen LogP contribution in [0.4, 0.5) is 0 Å². The van der Waals surface area contributed by atoms with Crippen LogP contribution < -0.4 is 9.46 Å². The van der Waals surface area contributed by atoms with Gasteiger partial charge in [-0.25, -0.2) is 18.1 Å². The van der Waals surface area contributed by atoms with Crippen molar-refractivity contribution in [3.05, 3.63) is 36.4 Å². The van der Waals surface area contributed by atoms with E-state index in [0.717, 1.165) is 0 Å². The Morgan fingerprint density at radius 2 is 2.05 bits per heavy atom. The first-order chi connectivity index (χ1) is 9.53. The van der Waals surface area contributed by atoms with Crippen molar-refractivity contribution in [2.75, 3.05) is 6.61 Å². The van der Waals surface area contributed by atoms with Gasteiger partial charge in [-0.3, -0.25) is 5.10 Å². The van der Waals surface area contributed by atoms with Gasteiger partial charge in [-0.2, -0.15) is 5.10 Å². The van der Waals surface area contributed by atoms with Crippen LogP contribution in [0.15, 0.2) is 35.5 Å². The zero-order valence-corrected chi connectivity index (χ0v) is 12.0. The van der Waals surface area contributed by atoms with Gasteiger partial charge >= 0.3 is 0 Å². The summed E-state index contributed by atoms with van der Waals surface area (Å²) in [6, 6.07) is 5.75. The first-order valence-corrected chi connectivity index (χ1v) is 7.61. The standard InChI is InChI=1S/C12H16N4O3S/c1-3-19-10-4-6-11(7-5-10)20(17,18)16-9(2)12-13-8-14-15-12/h4-9,16H,3H2,1-2H3,(H,13,14,15). The molecule has 0 aliphatic heterocycles. The topological polar surface area (TPSA) is 97.0 Å². The number of ether oxygens (including phenoxy) is 1. The molecular weight excluding hydrogens is 280 g/mol. The fourth-order valence-electron chi connectivity index (χ4n) is 1.66. The number of nitrogens with one attached hydrogen (secondary N) is 2. The van der Waals surface area contributed by atoms with Gasteiger partial charge in [0.05, 0.1) is 17.5 Å². The van der Waals surface area contributed by atoms with Crippen LogP contribution in [0, 0.1) is 0 Å². The Labute approximate surface area is 117 Å². The van der Waals surface area contributed by atoms with Crippen molar-refractivity contribution < 1.29 is 13.2 Å². The Morgan fingerprint density at radius 3 is 2.60 bits per heavy atom. The SMILES string of the molecule is CCOc1ccc(S(=O)(=O)NC(C)c2ncn[nH]2)cc1. The predicted octanol–water partition coefficient (Wildman–Crippen LogP) is 1.24. The molecule has 0 aliphatic carbocycles. The van der Waals surface area contributed by atoms with Crippen molar-refractivity contribution in [1.29, 1.82) is 0 Å². The number of benzene rings is 1. The molecule has 0 spiro atoms. The lowest BCUT2D eigenvalue weighted by Gasteiger charge is -2.12. The van der Waals surface area contributed by atoms with E-state index in [1.54, 1.807) is 19.1 Å². The molecule has 0 saturated carbocycles. The fraction of sp³-hybridized carbons (Fsp3) is 0.333. The minimum Gasteiger partial charge on any atom is -0.494 e. The molecule has 0 amide bonds. The zero-order valence-electron chi connectivity index (χ0n) is 11.2. The summed E-state index contributed by atoms with van der Waals surface area (Å²) in [5.41, 5.74) is 0. The number of aromatic nitrogens is 3. The van der Waals surface area contributed by atoms with Gasteiger partial charge < -0.3 is 4.74 Å². The average molecular weight is 296 g/mol. The highest BCUT2D eigenvalue weighted by Gasteiger charge is 2.19. The first kappa shape index (κ1) is 14.5. The summed E-state index contributed by atoms with van der Waals surface area (Å²) in [6.45, 7) is 4.09. The molecule has 2 rings (SSSR count). The van der Waals surface area contributed by atoms with E-state index in [0.29, 0.717) is 18.2 Å². The van der Waals surface area contributed by atoms with Gasteiger partial charge in [0.1, 0.15) is 17.9 Å². The number of hydrogen-bond acceptors (Lipinski definition) is 5. The monoisotopic (exact) mass is 296 g/mol. The second-order valence-electron chi connectivity index (χ2n) is 4.12. The third-order valence-corrected chi connectivity index (χ3v) is 4.18. The maximum atomic E-state index is 12.2. The number of hydrogen-bond donors (Lipinski definition) is 2. The van der Waals surface area contributed by atoms with Crippen LogP contribution in [-0.2, 0) is 10.0 Å². The number of rotatable bonds is 6. The molecule has 1 heterocycles. The second kappa shape index (κ2) is 6.02. The van der Waals surface area contributed by atoms with Crippen molar-refractivity contribution in [3.63, 3.8) is 0 Å². The highest BCUT2D eigenvalue weighted by atomic mass is 32.2. The molecule has 1 aromatic carbocycles. The molecule has 2 N–H and O–H groups in total. The van der Waals surface area contributed by atoms with E-state index in [9.17, 15) is 8.42 Å². The van der Waals surface area contributed by atoms with Crippen molar-refractivity contribution in [1.82, 2.24) is 19.9 Å². The van der Waals surface area contributed by atoms with Gasteiger partial charge in [0.15, 0.2) is 0 Å². The molecule has 1 unspecified atom stereocenters. The molecule has 0 radical (unpaired) electrons. The van der Waals surface area contributed by atoms with E-state index in [-0.39, 0.29) is 4.90 Å². The van der Waals surface area contributed by atoms with Crippen LogP contribution in [0.1, 0.15) is 25.7 Å². The average Bonchev–Trinajstić information content (AvgIpc) is 2.93. The van der Waals surface area contributed by atoms with Crippen molar-refractivity contribution >= 4 is 10.0 Å². The highest BCUT2D eigenvalue weighted by molar-refractivity contribution is 7.89. The molecule has 2 aromatic rings. The summed E-state index contributed by atoms with van der Waals surface area (Å²) < 4.78 is 32.2.